The minimum absolute atomic E-state index is 0.178. The molecule has 0 radical (unpaired) electrons. The molecule has 0 bridgehead atoms. The molecule has 172 valence electrons. The molecular weight excluding hydrogens is 489 g/mol. The largest absolute Gasteiger partial charge is 0.445 e. The van der Waals surface area contributed by atoms with Gasteiger partial charge in [-0.05, 0) is 35.9 Å². The maximum Gasteiger partial charge on any atom is 0.201 e. The summed E-state index contributed by atoms with van der Waals surface area (Å²) in [6.45, 7) is 3.91. The van der Waals surface area contributed by atoms with Crippen LogP contribution in [0.1, 0.15) is 5.56 Å². The molecule has 1 aromatic heterocycles. The van der Waals surface area contributed by atoms with Crippen molar-refractivity contribution in [3.05, 3.63) is 70.2 Å². The van der Waals surface area contributed by atoms with Crippen molar-refractivity contribution in [1.82, 2.24) is 10.0 Å². The standard InChI is InChI=1S/C22H25Cl2N3O3S2/c1-32(28,29,26-15-16-4-2-5-17(23)12-16)21-14-20(24)22(31-21)30-19-7-3-6-18(13-19)27-10-8-25-9-11-27/h2-7,12-14,25H,8-11,15H2,1H3,(H2,26,28,29). The van der Waals surface area contributed by atoms with Gasteiger partial charge < -0.3 is 15.0 Å². The van der Waals surface area contributed by atoms with Crippen molar-refractivity contribution in [3.8, 4) is 10.8 Å². The van der Waals surface area contributed by atoms with Crippen molar-refractivity contribution in [3.63, 3.8) is 0 Å². The predicted octanol–water partition coefficient (Wildman–Crippen LogP) is 5.24. The third-order valence-corrected chi connectivity index (χ3v) is 9.88. The molecule has 1 aliphatic heterocycles. The first kappa shape index (κ1) is 23.5. The Bertz CT molecular complexity index is 1170. The van der Waals surface area contributed by atoms with E-state index in [0.29, 0.717) is 15.8 Å². The van der Waals surface area contributed by atoms with Crippen molar-refractivity contribution >= 4 is 49.8 Å². The quantitative estimate of drug-likeness (QED) is 0.402. The van der Waals surface area contributed by atoms with Gasteiger partial charge in [0.1, 0.15) is 9.96 Å². The number of anilines is 1. The lowest BCUT2D eigenvalue weighted by atomic mass is 10.2. The Morgan fingerprint density at radius 2 is 1.91 bits per heavy atom. The van der Waals surface area contributed by atoms with E-state index < -0.39 is 9.53 Å². The van der Waals surface area contributed by atoms with E-state index in [1.54, 1.807) is 18.2 Å². The lowest BCUT2D eigenvalue weighted by molar-refractivity contribution is 0.495. The number of ether oxygens (including phenoxy) is 1. The second-order valence-corrected chi connectivity index (χ2v) is 13.2. The highest BCUT2D eigenvalue weighted by Gasteiger charge is 2.28. The number of hydrogen-bond acceptors (Lipinski definition) is 5. The Hall–Kier alpha value is -1.65. The molecule has 0 unspecified atom stereocenters. The molecular formula is C22H25Cl2N3O3S2. The highest BCUT2D eigenvalue weighted by molar-refractivity contribution is 8.14. The van der Waals surface area contributed by atoms with Gasteiger partial charge in [0.15, 0.2) is 0 Å². The van der Waals surface area contributed by atoms with Crippen LogP contribution in [-0.4, -0.2) is 41.2 Å². The van der Waals surface area contributed by atoms with E-state index in [4.69, 9.17) is 27.9 Å². The van der Waals surface area contributed by atoms with Crippen molar-refractivity contribution in [2.24, 2.45) is 0 Å². The Morgan fingerprint density at radius 1 is 1.16 bits per heavy atom. The Morgan fingerprint density at radius 3 is 2.66 bits per heavy atom. The Kier molecular flexibility index (Phi) is 6.84. The van der Waals surface area contributed by atoms with Crippen LogP contribution in [0.5, 0.6) is 10.8 Å². The van der Waals surface area contributed by atoms with E-state index in [1.165, 1.54) is 12.3 Å². The summed E-state index contributed by atoms with van der Waals surface area (Å²) in [7, 11) is -4.35. The third kappa shape index (κ3) is 5.63. The average molecular weight is 515 g/mol. The lowest BCUT2D eigenvalue weighted by Crippen LogP contribution is -2.44. The highest BCUT2D eigenvalue weighted by Crippen LogP contribution is 2.44. The SMILES string of the molecule is CS(=O)(O)(NCc1cccc(Cl)c1)c1cc(Cl)c(Oc2cccc(N3CCNCC3)c2)s1. The predicted molar refractivity (Wildman–Crippen MR) is 134 cm³/mol. The molecule has 6 nitrogen and oxygen atoms in total. The van der Waals surface area contributed by atoms with Crippen LogP contribution in [0.3, 0.4) is 0 Å². The summed E-state index contributed by atoms with van der Waals surface area (Å²) in [5.74, 6) is 0.626. The molecule has 0 aliphatic carbocycles. The molecule has 2 aromatic carbocycles. The molecule has 1 saturated heterocycles. The van der Waals surface area contributed by atoms with Crippen molar-refractivity contribution in [2.45, 2.75) is 10.8 Å². The number of piperazine rings is 1. The van der Waals surface area contributed by atoms with Crippen LogP contribution in [-0.2, 0) is 16.1 Å². The van der Waals surface area contributed by atoms with Crippen LogP contribution in [0.4, 0.5) is 5.69 Å². The molecule has 1 aliphatic rings. The smallest absolute Gasteiger partial charge is 0.201 e. The van der Waals surface area contributed by atoms with E-state index in [2.05, 4.69) is 14.9 Å². The number of halogens is 2. The second kappa shape index (κ2) is 9.30. The third-order valence-electron chi connectivity index (χ3n) is 5.12. The fourth-order valence-electron chi connectivity index (χ4n) is 3.38. The second-order valence-electron chi connectivity index (χ2n) is 7.77. The van der Waals surface area contributed by atoms with Gasteiger partial charge in [-0.15, -0.1) is 9.53 Å². The highest BCUT2D eigenvalue weighted by atomic mass is 35.5. The number of nitrogens with zero attached hydrogens (tertiary/aromatic N) is 1. The fourth-order valence-corrected chi connectivity index (χ4v) is 6.88. The molecule has 0 amide bonds. The number of thiophene rings is 1. The van der Waals surface area contributed by atoms with Crippen LogP contribution in [0, 0.1) is 0 Å². The minimum Gasteiger partial charge on any atom is -0.445 e. The van der Waals surface area contributed by atoms with E-state index in [0.717, 1.165) is 48.8 Å². The first-order valence-electron chi connectivity index (χ1n) is 10.1. The summed E-state index contributed by atoms with van der Waals surface area (Å²) in [4.78, 5) is 2.29. The maximum absolute atomic E-state index is 13.4. The summed E-state index contributed by atoms with van der Waals surface area (Å²) in [5, 5.41) is 4.57. The van der Waals surface area contributed by atoms with Gasteiger partial charge in [0, 0.05) is 55.8 Å². The van der Waals surface area contributed by atoms with Crippen molar-refractivity contribution in [2.75, 3.05) is 37.3 Å². The average Bonchev–Trinajstić information content (AvgIpc) is 3.15. The first-order chi connectivity index (χ1) is 15.2. The first-order valence-corrected chi connectivity index (χ1v) is 14.0. The molecule has 0 atom stereocenters. The number of nitrogens with one attached hydrogen (secondary N) is 2. The van der Waals surface area contributed by atoms with Crippen molar-refractivity contribution < 1.29 is 13.5 Å². The lowest BCUT2D eigenvalue weighted by Gasteiger charge is -2.38. The molecule has 3 aromatic rings. The zero-order chi connectivity index (χ0) is 22.8. The summed E-state index contributed by atoms with van der Waals surface area (Å²) in [6, 6.07) is 16.4. The zero-order valence-corrected chi connectivity index (χ0v) is 20.7. The van der Waals surface area contributed by atoms with Crippen LogP contribution in [0.2, 0.25) is 10.0 Å². The van der Waals surface area contributed by atoms with E-state index in [9.17, 15) is 8.76 Å². The molecule has 4 rings (SSSR count). The maximum atomic E-state index is 13.4. The van der Waals surface area contributed by atoms with Gasteiger partial charge in [-0.1, -0.05) is 52.7 Å². The number of hydrogen-bond donors (Lipinski definition) is 3. The number of benzene rings is 2. The Labute approximate surface area is 201 Å². The van der Waals surface area contributed by atoms with Gasteiger partial charge in [0.2, 0.25) is 5.06 Å². The molecule has 0 saturated carbocycles. The van der Waals surface area contributed by atoms with Gasteiger partial charge in [-0.2, -0.15) is 4.21 Å². The van der Waals surface area contributed by atoms with Crippen LogP contribution in [0.15, 0.2) is 58.8 Å². The van der Waals surface area contributed by atoms with Gasteiger partial charge in [-0.3, -0.25) is 4.55 Å². The molecule has 2 heterocycles. The molecule has 32 heavy (non-hydrogen) atoms. The van der Waals surface area contributed by atoms with Crippen LogP contribution < -0.4 is 19.7 Å². The van der Waals surface area contributed by atoms with Gasteiger partial charge in [0.25, 0.3) is 0 Å². The molecule has 10 heteroatoms. The summed E-state index contributed by atoms with van der Waals surface area (Å²) in [6.07, 6.45) is 1.28. The van der Waals surface area contributed by atoms with Crippen LogP contribution >= 0.6 is 34.5 Å². The number of rotatable bonds is 7. The molecule has 0 spiro atoms. The van der Waals surface area contributed by atoms with Crippen molar-refractivity contribution in [1.29, 1.82) is 0 Å². The van der Waals surface area contributed by atoms with Crippen LogP contribution in [0.25, 0.3) is 0 Å². The minimum atomic E-state index is -4.35. The summed E-state index contributed by atoms with van der Waals surface area (Å²) in [5.41, 5.74) is 1.87. The normalized spacial score (nSPS) is 15.9. The fraction of sp³-hybridized carbons (Fsp3) is 0.273. The summed E-state index contributed by atoms with van der Waals surface area (Å²) >= 11 is 13.4. The van der Waals surface area contributed by atoms with Gasteiger partial charge in [-0.25, -0.2) is 4.72 Å². The van der Waals surface area contributed by atoms with E-state index in [-0.39, 0.29) is 15.8 Å². The Balaban J connectivity index is 1.51. The zero-order valence-electron chi connectivity index (χ0n) is 17.5. The van der Waals surface area contributed by atoms with Gasteiger partial charge >= 0.3 is 0 Å². The monoisotopic (exact) mass is 513 g/mol. The molecule has 1 fully saturated rings. The van der Waals surface area contributed by atoms with E-state index in [1.807, 2.05) is 30.3 Å². The van der Waals surface area contributed by atoms with E-state index >= 15 is 0 Å². The topological polar surface area (TPSA) is 73.8 Å². The van der Waals surface area contributed by atoms with Gasteiger partial charge in [0.05, 0.1) is 5.02 Å². The molecule has 3 N–H and O–H groups in total. The summed E-state index contributed by atoms with van der Waals surface area (Å²) < 4.78 is 33.4.